The second kappa shape index (κ2) is 43.2. The minimum Gasteiger partial charge on any atom is -0.335 e. The van der Waals surface area contributed by atoms with Gasteiger partial charge in [-0.05, 0) is 77.3 Å². The van der Waals surface area contributed by atoms with Gasteiger partial charge in [0, 0.05) is 94.6 Å². The zero-order valence-corrected chi connectivity index (χ0v) is 54.5. The molecule has 7 aromatic heterocycles. The molecular formula is C59H95N19S3. The van der Waals surface area contributed by atoms with Crippen molar-refractivity contribution < 1.29 is 0 Å². The van der Waals surface area contributed by atoms with E-state index < -0.39 is 0 Å². The van der Waals surface area contributed by atoms with E-state index in [0.717, 1.165) is 29.6 Å². The lowest BCUT2D eigenvalue weighted by Crippen LogP contribution is -2.05. The molecule has 22 heteroatoms. The van der Waals surface area contributed by atoms with Gasteiger partial charge in [-0.2, -0.15) is 25.2 Å². The summed E-state index contributed by atoms with van der Waals surface area (Å²) in [6.45, 7) is 44.2. The summed E-state index contributed by atoms with van der Waals surface area (Å²) in [5.74, 6) is 5.70. The molecule has 0 fully saturated rings. The lowest BCUT2D eigenvalue weighted by molar-refractivity contribution is 0.466. The SMILES string of the molecule is CC(C)C1=NCC=N1.CC(C)C1=NCN=C1.CC(C)C1=NCN=N1.CC(C)c1ccccn1.CC(C)c1cncs1.CC(C)c1cscn1.CC(C)c1nccs1.CC(C)n1ccnc1.CC(C)n1cncn1.CC(C)n1nccn1. The first-order valence-electron chi connectivity index (χ1n) is 27.8. The average Bonchev–Trinajstić information content (AvgIpc) is 4.30. The number of aliphatic imine (C=N–C) groups is 5. The van der Waals surface area contributed by atoms with Crippen molar-refractivity contribution >= 4 is 63.8 Å². The number of nitrogens with zero attached hydrogens (tertiary/aromatic N) is 19. The minimum atomic E-state index is 0.380. The standard InChI is InChI=1S/C8H11N.3C6H10N2.3C6H9NS.3C5H9N3/c1-7(2)8-5-3-4-6-9-8;1-5(2)6-3-7-4-8-6;1-6(2)8-4-3-7-5-8;1-5(2)6-7-3-4-8-6;1-5(2)6-3-8-4-7-6;1-5(2)6-3-7-4-8-6;1-5(2)6-7-3-4-8-6;1-5(2)8-4-6-3-7-8;1-5(2)8-6-3-4-7-8;1-4(2)5-6-3-7-8-5/h3-7H,1-2H3;3,5H,4H2,1-2H3;3-6H,1-2H3;3,5H,4H2,1-2H3;5*3-5H,1-2H3;4H,3H2,1-2H3. The molecule has 19 nitrogen and oxygen atoms in total. The van der Waals surface area contributed by atoms with Crippen LogP contribution >= 0.6 is 34.0 Å². The van der Waals surface area contributed by atoms with Gasteiger partial charge >= 0.3 is 0 Å². The fraction of sp³-hybridized carbons (Fsp3) is 0.559. The van der Waals surface area contributed by atoms with Crippen molar-refractivity contribution in [1.82, 2.24) is 59.2 Å². The van der Waals surface area contributed by atoms with E-state index in [1.54, 1.807) is 74.7 Å². The van der Waals surface area contributed by atoms with E-state index in [0.29, 0.717) is 72.9 Å². The molecule has 7 aromatic rings. The van der Waals surface area contributed by atoms with Crippen LogP contribution in [0.4, 0.5) is 0 Å². The topological polar surface area (TPSA) is 217 Å². The van der Waals surface area contributed by atoms with Crippen LogP contribution in [0.1, 0.15) is 202 Å². The Morgan fingerprint density at radius 1 is 0.531 bits per heavy atom. The van der Waals surface area contributed by atoms with Gasteiger partial charge in [0.05, 0.1) is 58.7 Å². The molecule has 10 rings (SSSR count). The Labute approximate surface area is 497 Å². The third kappa shape index (κ3) is 34.4. The van der Waals surface area contributed by atoms with Gasteiger partial charge < -0.3 is 4.57 Å². The van der Waals surface area contributed by atoms with Gasteiger partial charge in [-0.25, -0.2) is 29.9 Å². The molecule has 81 heavy (non-hydrogen) atoms. The summed E-state index contributed by atoms with van der Waals surface area (Å²) in [5, 5.41) is 24.6. The first-order valence-corrected chi connectivity index (χ1v) is 30.5. The molecule has 0 bridgehead atoms. The molecule has 0 N–H and O–H groups in total. The Hall–Kier alpha value is -6.52. The normalized spacial score (nSPS) is 12.5. The van der Waals surface area contributed by atoms with Crippen LogP contribution in [0, 0.1) is 17.8 Å². The van der Waals surface area contributed by atoms with E-state index in [1.807, 2.05) is 92.0 Å². The van der Waals surface area contributed by atoms with Crippen LogP contribution in [-0.4, -0.2) is 109 Å². The van der Waals surface area contributed by atoms with Crippen LogP contribution in [0.25, 0.3) is 0 Å². The maximum Gasteiger partial charge on any atom is 0.152 e. The second-order valence-corrected chi connectivity index (χ2v) is 23.5. The number of hydrogen-bond acceptors (Lipinski definition) is 19. The lowest BCUT2D eigenvalue weighted by Gasteiger charge is -2.02. The Balaban J connectivity index is 0.000000450. The number of imidazole rings is 1. The molecule has 0 aliphatic carbocycles. The van der Waals surface area contributed by atoms with Crippen molar-refractivity contribution in [3.8, 4) is 0 Å². The summed E-state index contributed by atoms with van der Waals surface area (Å²) >= 11 is 5.10. The third-order valence-electron chi connectivity index (χ3n) is 10.5. The Bertz CT molecular complexity index is 2300. The van der Waals surface area contributed by atoms with E-state index in [2.05, 4.69) is 215 Å². The number of pyridine rings is 1. The lowest BCUT2D eigenvalue weighted by atomic mass is 10.1. The summed E-state index contributed by atoms with van der Waals surface area (Å²) in [4.78, 5) is 47.4. The molecule has 0 amide bonds. The van der Waals surface area contributed by atoms with Gasteiger partial charge in [-0.1, -0.05) is 103 Å². The van der Waals surface area contributed by atoms with Crippen molar-refractivity contribution in [2.75, 3.05) is 19.9 Å². The monoisotopic (exact) mass is 1170 g/mol. The Morgan fingerprint density at radius 2 is 1.23 bits per heavy atom. The molecule has 3 aliphatic rings. The van der Waals surface area contributed by atoms with E-state index in [4.69, 9.17) is 0 Å². The predicted octanol–water partition coefficient (Wildman–Crippen LogP) is 15.9. The highest BCUT2D eigenvalue weighted by Crippen LogP contribution is 2.17. The fourth-order valence-electron chi connectivity index (χ4n) is 5.61. The van der Waals surface area contributed by atoms with E-state index >= 15 is 0 Å². The number of aromatic nitrogens is 12. The number of rotatable bonds is 10. The number of hydrogen-bond donors (Lipinski definition) is 0. The van der Waals surface area contributed by atoms with Crippen LogP contribution in [-0.2, 0) is 0 Å². The van der Waals surface area contributed by atoms with E-state index in [1.165, 1.54) is 15.6 Å². The molecule has 0 radical (unpaired) electrons. The summed E-state index contributed by atoms with van der Waals surface area (Å²) in [7, 11) is 0. The molecule has 0 spiro atoms. The zero-order chi connectivity index (χ0) is 60.5. The zero-order valence-electron chi connectivity index (χ0n) is 52.1. The van der Waals surface area contributed by atoms with Gasteiger partial charge in [0.2, 0.25) is 0 Å². The fourth-order valence-corrected chi connectivity index (χ4v) is 7.62. The van der Waals surface area contributed by atoms with Crippen LogP contribution in [0.5, 0.6) is 0 Å². The second-order valence-electron chi connectivity index (χ2n) is 21.0. The number of amidine groups is 2. The van der Waals surface area contributed by atoms with Crippen molar-refractivity contribution in [3.05, 3.63) is 124 Å². The van der Waals surface area contributed by atoms with Gasteiger partial charge in [0.1, 0.15) is 31.0 Å². The molecule has 0 unspecified atom stereocenters. The van der Waals surface area contributed by atoms with Crippen molar-refractivity contribution in [2.45, 2.75) is 180 Å². The summed E-state index contributed by atoms with van der Waals surface area (Å²) in [6.07, 6.45) is 21.5. The molecule has 0 atom stereocenters. The maximum atomic E-state index is 4.18. The molecular weight excluding hydrogens is 1070 g/mol. The van der Waals surface area contributed by atoms with E-state index in [9.17, 15) is 0 Å². The van der Waals surface area contributed by atoms with Gasteiger partial charge in [-0.15, -0.1) is 39.1 Å². The average molecular weight is 1170 g/mol. The van der Waals surface area contributed by atoms with Crippen LogP contribution < -0.4 is 0 Å². The van der Waals surface area contributed by atoms with Crippen LogP contribution in [0.3, 0.4) is 0 Å². The molecule has 0 saturated heterocycles. The molecule has 444 valence electrons. The maximum absolute atomic E-state index is 4.18. The minimum absolute atomic E-state index is 0.380. The summed E-state index contributed by atoms with van der Waals surface area (Å²) in [5.41, 5.74) is 7.24. The highest BCUT2D eigenvalue weighted by Gasteiger charge is 2.07. The highest BCUT2D eigenvalue weighted by molar-refractivity contribution is 7.09. The van der Waals surface area contributed by atoms with Crippen molar-refractivity contribution in [3.63, 3.8) is 0 Å². The first-order chi connectivity index (χ1) is 38.5. The largest absolute Gasteiger partial charge is 0.335 e. The third-order valence-corrected chi connectivity index (χ3v) is 13.2. The van der Waals surface area contributed by atoms with Gasteiger partial charge in [0.15, 0.2) is 6.67 Å². The quantitative estimate of drug-likeness (QED) is 0.127. The summed E-state index contributed by atoms with van der Waals surface area (Å²) in [6, 6.07) is 7.35. The van der Waals surface area contributed by atoms with E-state index in [-0.39, 0.29) is 0 Å². The Morgan fingerprint density at radius 3 is 1.49 bits per heavy atom. The summed E-state index contributed by atoms with van der Waals surface area (Å²) < 4.78 is 3.86. The van der Waals surface area contributed by atoms with Crippen LogP contribution in [0.2, 0.25) is 0 Å². The van der Waals surface area contributed by atoms with Gasteiger partial charge in [-0.3, -0.25) is 29.6 Å². The van der Waals surface area contributed by atoms with Gasteiger partial charge in [0.25, 0.3) is 0 Å². The molecule has 3 aliphatic heterocycles. The Kier molecular flexibility index (Phi) is 38.7. The number of thiazole rings is 3. The number of azo groups is 1. The molecule has 0 saturated carbocycles. The van der Waals surface area contributed by atoms with Crippen LogP contribution in [0.15, 0.2) is 138 Å². The molecule has 10 heterocycles. The predicted molar refractivity (Wildman–Crippen MR) is 344 cm³/mol. The van der Waals surface area contributed by atoms with Crippen molar-refractivity contribution in [2.24, 2.45) is 52.9 Å². The smallest absolute Gasteiger partial charge is 0.152 e. The first kappa shape index (κ1) is 72.5. The molecule has 0 aromatic carbocycles. The van der Waals surface area contributed by atoms with Crippen molar-refractivity contribution in [1.29, 1.82) is 0 Å². The highest BCUT2D eigenvalue weighted by atomic mass is 32.1.